The molecule has 0 atom stereocenters. The average Bonchev–Trinajstić information content (AvgIpc) is 3.01. The van der Waals surface area contributed by atoms with E-state index < -0.39 is 0 Å². The van der Waals surface area contributed by atoms with Gasteiger partial charge in [-0.3, -0.25) is 14.5 Å². The highest BCUT2D eigenvalue weighted by molar-refractivity contribution is 6.10. The lowest BCUT2D eigenvalue weighted by atomic mass is 9.92. The highest BCUT2D eigenvalue weighted by Crippen LogP contribution is 2.34. The molecule has 3 aromatic rings. The van der Waals surface area contributed by atoms with Crippen molar-refractivity contribution in [1.82, 2.24) is 10.2 Å². The molecule has 7 heteroatoms. The van der Waals surface area contributed by atoms with Crippen LogP contribution < -0.4 is 19.7 Å². The van der Waals surface area contributed by atoms with Gasteiger partial charge in [0.15, 0.2) is 11.5 Å². The predicted octanol–water partition coefficient (Wildman–Crippen LogP) is 5.47. The molecule has 1 saturated carbocycles. The molecule has 2 amide bonds. The molecule has 40 heavy (non-hydrogen) atoms. The van der Waals surface area contributed by atoms with Crippen LogP contribution in [-0.2, 0) is 13.0 Å². The molecule has 1 aliphatic heterocycles. The summed E-state index contributed by atoms with van der Waals surface area (Å²) in [6.07, 6.45) is 6.19. The summed E-state index contributed by atoms with van der Waals surface area (Å²) >= 11 is 0. The number of nitrogens with one attached hydrogen (secondary N) is 1. The second-order valence-corrected chi connectivity index (χ2v) is 10.6. The van der Waals surface area contributed by atoms with Gasteiger partial charge in [0.25, 0.3) is 11.8 Å². The Kier molecular flexibility index (Phi) is 9.01. The Balaban J connectivity index is 1.28. The van der Waals surface area contributed by atoms with E-state index in [1.807, 2.05) is 59.5 Å². The Hall–Kier alpha value is -3.84. The molecule has 0 saturated heterocycles. The van der Waals surface area contributed by atoms with Crippen molar-refractivity contribution in [2.24, 2.45) is 0 Å². The molecule has 1 fully saturated rings. The molecule has 0 unspecified atom stereocenters. The molecule has 5 rings (SSSR count). The molecule has 1 aliphatic carbocycles. The first-order valence-electron chi connectivity index (χ1n) is 14.3. The Labute approximate surface area is 237 Å². The largest absolute Gasteiger partial charge is 0.493 e. The number of ether oxygens (including phenoxy) is 2. The minimum Gasteiger partial charge on any atom is -0.493 e. The molecular formula is C33H39N3O4. The topological polar surface area (TPSA) is 71.1 Å². The Morgan fingerprint density at radius 2 is 1.57 bits per heavy atom. The van der Waals surface area contributed by atoms with Crippen molar-refractivity contribution < 1.29 is 19.1 Å². The number of amides is 2. The van der Waals surface area contributed by atoms with Crippen LogP contribution in [-0.4, -0.2) is 56.6 Å². The first-order valence-corrected chi connectivity index (χ1v) is 14.3. The van der Waals surface area contributed by atoms with E-state index in [2.05, 4.69) is 22.3 Å². The fraction of sp³-hybridized carbons (Fsp3) is 0.394. The first kappa shape index (κ1) is 27.7. The number of anilines is 1. The van der Waals surface area contributed by atoms with Gasteiger partial charge < -0.3 is 19.7 Å². The van der Waals surface area contributed by atoms with Crippen molar-refractivity contribution in [2.75, 3.05) is 38.8 Å². The standard InChI is InChI=1S/C33H39N3O4/c1-39-30-21-25-17-19-35(23-26(25)22-31(30)40-2)20-18-34-32(37)28-15-9-10-16-29(28)36(27-13-7-4-8-14-27)33(38)24-11-5-3-6-12-24/h3,5-6,9-12,15-16,21-22,27H,4,7-8,13-14,17-20,23H2,1-2H3,(H,34,37). The summed E-state index contributed by atoms with van der Waals surface area (Å²) in [6, 6.07) is 21.1. The van der Waals surface area contributed by atoms with Crippen LogP contribution in [0.5, 0.6) is 11.5 Å². The number of rotatable bonds is 9. The maximum absolute atomic E-state index is 13.8. The van der Waals surface area contributed by atoms with E-state index in [9.17, 15) is 9.59 Å². The molecule has 1 N–H and O–H groups in total. The van der Waals surface area contributed by atoms with E-state index in [0.29, 0.717) is 23.4 Å². The van der Waals surface area contributed by atoms with E-state index in [1.165, 1.54) is 17.5 Å². The minimum absolute atomic E-state index is 0.0493. The second kappa shape index (κ2) is 13.0. The Bertz CT molecular complexity index is 1320. The van der Waals surface area contributed by atoms with Crippen molar-refractivity contribution in [3.05, 3.63) is 89.0 Å². The number of hydrogen-bond acceptors (Lipinski definition) is 5. The van der Waals surface area contributed by atoms with Crippen LogP contribution in [0.2, 0.25) is 0 Å². The molecule has 1 heterocycles. The number of carbonyl (C=O) groups is 2. The lowest BCUT2D eigenvalue weighted by Gasteiger charge is -2.35. The molecule has 0 spiro atoms. The predicted molar refractivity (Wildman–Crippen MR) is 157 cm³/mol. The summed E-state index contributed by atoms with van der Waals surface area (Å²) in [6.45, 7) is 2.96. The minimum atomic E-state index is -0.152. The average molecular weight is 542 g/mol. The third kappa shape index (κ3) is 6.15. The highest BCUT2D eigenvalue weighted by atomic mass is 16.5. The van der Waals surface area contributed by atoms with Crippen molar-refractivity contribution in [1.29, 1.82) is 0 Å². The number of methoxy groups -OCH3 is 2. The number of nitrogens with zero attached hydrogens (tertiary/aromatic N) is 2. The Morgan fingerprint density at radius 3 is 2.30 bits per heavy atom. The van der Waals surface area contributed by atoms with Crippen molar-refractivity contribution in [3.8, 4) is 11.5 Å². The fourth-order valence-corrected chi connectivity index (χ4v) is 5.96. The zero-order valence-corrected chi connectivity index (χ0v) is 23.5. The van der Waals surface area contributed by atoms with E-state index in [0.717, 1.165) is 63.2 Å². The molecule has 0 aromatic heterocycles. The molecule has 210 valence electrons. The summed E-state index contributed by atoms with van der Waals surface area (Å²) in [5, 5.41) is 3.12. The van der Waals surface area contributed by atoms with Crippen molar-refractivity contribution in [2.45, 2.75) is 51.1 Å². The lowest BCUT2D eigenvalue weighted by molar-refractivity contribution is 0.0947. The summed E-state index contributed by atoms with van der Waals surface area (Å²) < 4.78 is 10.9. The maximum atomic E-state index is 13.8. The smallest absolute Gasteiger partial charge is 0.258 e. The van der Waals surface area contributed by atoms with Gasteiger partial charge in [-0.05, 0) is 66.8 Å². The van der Waals surface area contributed by atoms with Gasteiger partial charge >= 0.3 is 0 Å². The van der Waals surface area contributed by atoms with E-state index >= 15 is 0 Å². The van der Waals surface area contributed by atoms with Gasteiger partial charge in [-0.2, -0.15) is 0 Å². The number of carbonyl (C=O) groups excluding carboxylic acids is 2. The van der Waals surface area contributed by atoms with Crippen LogP contribution in [0.4, 0.5) is 5.69 Å². The molecule has 3 aromatic carbocycles. The summed E-state index contributed by atoms with van der Waals surface area (Å²) in [5.74, 6) is 1.29. The molecule has 7 nitrogen and oxygen atoms in total. The monoisotopic (exact) mass is 541 g/mol. The summed E-state index contributed by atoms with van der Waals surface area (Å²) in [7, 11) is 3.31. The quantitative estimate of drug-likeness (QED) is 0.389. The maximum Gasteiger partial charge on any atom is 0.258 e. The Morgan fingerprint density at radius 1 is 0.900 bits per heavy atom. The number of fused-ring (bicyclic) bond motifs is 1. The van der Waals surface area contributed by atoms with Gasteiger partial charge in [-0.1, -0.05) is 49.6 Å². The molecule has 0 radical (unpaired) electrons. The van der Waals surface area contributed by atoms with Crippen molar-refractivity contribution in [3.63, 3.8) is 0 Å². The second-order valence-electron chi connectivity index (χ2n) is 10.6. The lowest BCUT2D eigenvalue weighted by Crippen LogP contribution is -2.43. The van der Waals surface area contributed by atoms with Crippen LogP contribution >= 0.6 is 0 Å². The van der Waals surface area contributed by atoms with Crippen molar-refractivity contribution >= 4 is 17.5 Å². The summed E-state index contributed by atoms with van der Waals surface area (Å²) in [5.41, 5.74) is 4.37. The fourth-order valence-electron chi connectivity index (χ4n) is 5.96. The van der Waals surface area contributed by atoms with Crippen LogP contribution in [0, 0.1) is 0 Å². The van der Waals surface area contributed by atoms with Crippen LogP contribution in [0.1, 0.15) is 63.9 Å². The number of para-hydroxylation sites is 1. The van der Waals surface area contributed by atoms with Gasteiger partial charge in [0.2, 0.25) is 0 Å². The van der Waals surface area contributed by atoms with E-state index in [1.54, 1.807) is 14.2 Å². The van der Waals surface area contributed by atoms with Gasteiger partial charge in [-0.25, -0.2) is 0 Å². The molecular weight excluding hydrogens is 502 g/mol. The number of hydrogen-bond donors (Lipinski definition) is 1. The first-order chi connectivity index (χ1) is 19.6. The van der Waals surface area contributed by atoms with Gasteiger partial charge in [0, 0.05) is 37.8 Å². The zero-order chi connectivity index (χ0) is 27.9. The SMILES string of the molecule is COc1cc2c(cc1OC)CN(CCNC(=O)c1ccccc1N(C(=O)c1ccccc1)C1CCCCC1)CC2. The van der Waals surface area contributed by atoms with E-state index in [4.69, 9.17) is 9.47 Å². The zero-order valence-electron chi connectivity index (χ0n) is 23.5. The van der Waals surface area contributed by atoms with Crippen LogP contribution in [0.25, 0.3) is 0 Å². The number of benzene rings is 3. The highest BCUT2D eigenvalue weighted by Gasteiger charge is 2.30. The van der Waals surface area contributed by atoms with Gasteiger partial charge in [0.1, 0.15) is 0 Å². The van der Waals surface area contributed by atoms with Gasteiger partial charge in [0.05, 0.1) is 25.5 Å². The van der Waals surface area contributed by atoms with E-state index in [-0.39, 0.29) is 17.9 Å². The molecule has 2 aliphatic rings. The third-order valence-corrected chi connectivity index (χ3v) is 8.10. The normalized spacial score (nSPS) is 15.7. The van der Waals surface area contributed by atoms with Crippen LogP contribution in [0.15, 0.2) is 66.7 Å². The third-order valence-electron chi connectivity index (χ3n) is 8.10. The molecule has 0 bridgehead atoms. The van der Waals surface area contributed by atoms with Gasteiger partial charge in [-0.15, -0.1) is 0 Å². The summed E-state index contributed by atoms with van der Waals surface area (Å²) in [4.78, 5) is 31.5. The van der Waals surface area contributed by atoms with Crippen LogP contribution in [0.3, 0.4) is 0 Å².